The zero-order valence-electron chi connectivity index (χ0n) is 9.32. The van der Waals surface area contributed by atoms with Crippen LogP contribution in [-0.2, 0) is 0 Å². The van der Waals surface area contributed by atoms with Crippen LogP contribution in [0.3, 0.4) is 0 Å². The molecule has 2 fully saturated rings. The van der Waals surface area contributed by atoms with Gasteiger partial charge in [0.1, 0.15) is 0 Å². The third-order valence-corrected chi connectivity index (χ3v) is 4.03. The average Bonchev–Trinajstić information content (AvgIpc) is 2.90. The molecule has 86 valence electrons. The Bertz CT molecular complexity index is 397. The normalized spacial score (nSPS) is 24.9. The Morgan fingerprint density at radius 2 is 2.06 bits per heavy atom. The number of hydrogen-bond acceptors (Lipinski definition) is 2. The number of benzene rings is 1. The standard InChI is InChI=1S/C13H17ClN2/c14-11-4-1-3-10(9-11)12(13(15)5-6-13)16-7-2-8-16/h1,3-4,9,12H,2,5-8,15H2. The number of halogens is 1. The summed E-state index contributed by atoms with van der Waals surface area (Å²) in [6.45, 7) is 2.35. The van der Waals surface area contributed by atoms with Crippen LogP contribution < -0.4 is 5.73 Å². The van der Waals surface area contributed by atoms with E-state index in [4.69, 9.17) is 17.3 Å². The first-order valence-corrected chi connectivity index (χ1v) is 6.35. The molecule has 16 heavy (non-hydrogen) atoms. The lowest BCUT2D eigenvalue weighted by Crippen LogP contribution is -2.49. The third kappa shape index (κ3) is 1.75. The molecular formula is C13H17ClN2. The van der Waals surface area contributed by atoms with Crippen molar-refractivity contribution in [2.75, 3.05) is 13.1 Å². The van der Waals surface area contributed by atoms with Crippen molar-refractivity contribution in [1.29, 1.82) is 0 Å². The monoisotopic (exact) mass is 236 g/mol. The van der Waals surface area contributed by atoms with Crippen LogP contribution in [0.5, 0.6) is 0 Å². The van der Waals surface area contributed by atoms with Gasteiger partial charge in [-0.25, -0.2) is 0 Å². The summed E-state index contributed by atoms with van der Waals surface area (Å²) in [5, 5.41) is 0.812. The molecule has 1 aromatic rings. The first-order chi connectivity index (χ1) is 7.69. The fraction of sp³-hybridized carbons (Fsp3) is 0.538. The molecule has 1 unspecified atom stereocenters. The summed E-state index contributed by atoms with van der Waals surface area (Å²) in [6, 6.07) is 8.55. The quantitative estimate of drug-likeness (QED) is 0.874. The Labute approximate surface area is 101 Å². The number of nitrogens with two attached hydrogens (primary N) is 1. The molecule has 0 amide bonds. The zero-order chi connectivity index (χ0) is 11.2. The molecule has 0 spiro atoms. The first kappa shape index (κ1) is 10.6. The third-order valence-electron chi connectivity index (χ3n) is 3.79. The largest absolute Gasteiger partial charge is 0.323 e. The fourth-order valence-corrected chi connectivity index (χ4v) is 2.80. The van der Waals surface area contributed by atoms with E-state index in [0.29, 0.717) is 6.04 Å². The maximum Gasteiger partial charge on any atom is 0.0528 e. The molecule has 2 N–H and O–H groups in total. The molecule has 0 radical (unpaired) electrons. The van der Waals surface area contributed by atoms with Gasteiger partial charge in [-0.05, 0) is 37.0 Å². The van der Waals surface area contributed by atoms with E-state index in [2.05, 4.69) is 17.0 Å². The van der Waals surface area contributed by atoms with Crippen LogP contribution >= 0.6 is 11.6 Å². The van der Waals surface area contributed by atoms with Gasteiger partial charge in [0.15, 0.2) is 0 Å². The van der Waals surface area contributed by atoms with Crippen molar-refractivity contribution in [3.05, 3.63) is 34.9 Å². The fourth-order valence-electron chi connectivity index (χ4n) is 2.60. The molecule has 1 saturated carbocycles. The van der Waals surface area contributed by atoms with E-state index >= 15 is 0 Å². The molecule has 1 heterocycles. The molecule has 3 rings (SSSR count). The van der Waals surface area contributed by atoms with Crippen LogP contribution in [0.4, 0.5) is 0 Å². The van der Waals surface area contributed by atoms with Crippen LogP contribution in [0.1, 0.15) is 30.9 Å². The van der Waals surface area contributed by atoms with E-state index in [1.165, 1.54) is 25.1 Å². The molecule has 1 aromatic carbocycles. The van der Waals surface area contributed by atoms with Gasteiger partial charge in [-0.1, -0.05) is 23.7 Å². The van der Waals surface area contributed by atoms with Crippen molar-refractivity contribution >= 4 is 11.6 Å². The van der Waals surface area contributed by atoms with Crippen molar-refractivity contribution in [1.82, 2.24) is 4.90 Å². The SMILES string of the molecule is NC1(C(c2cccc(Cl)c2)N2CCC2)CC1. The molecule has 2 aliphatic rings. The summed E-state index contributed by atoms with van der Waals surface area (Å²) in [5.41, 5.74) is 7.69. The van der Waals surface area contributed by atoms with Crippen LogP contribution in [0, 0.1) is 0 Å². The second-order valence-corrected chi connectivity index (χ2v) is 5.52. The molecule has 3 heteroatoms. The summed E-state index contributed by atoms with van der Waals surface area (Å²) in [5.74, 6) is 0. The Morgan fingerprint density at radius 1 is 1.31 bits per heavy atom. The van der Waals surface area contributed by atoms with Crippen molar-refractivity contribution in [3.63, 3.8) is 0 Å². The molecule has 0 aromatic heterocycles. The predicted octanol–water partition coefficient (Wildman–Crippen LogP) is 2.58. The maximum absolute atomic E-state index is 6.40. The smallest absolute Gasteiger partial charge is 0.0528 e. The summed E-state index contributed by atoms with van der Waals surface area (Å²) in [7, 11) is 0. The van der Waals surface area contributed by atoms with E-state index in [-0.39, 0.29) is 5.54 Å². The van der Waals surface area contributed by atoms with E-state index in [1.807, 2.05) is 12.1 Å². The number of nitrogens with zero attached hydrogens (tertiary/aromatic N) is 1. The Hall–Kier alpha value is -0.570. The van der Waals surface area contributed by atoms with E-state index in [1.54, 1.807) is 0 Å². The van der Waals surface area contributed by atoms with Gasteiger partial charge in [0.2, 0.25) is 0 Å². The van der Waals surface area contributed by atoms with Crippen molar-refractivity contribution < 1.29 is 0 Å². The highest BCUT2D eigenvalue weighted by Gasteiger charge is 2.49. The number of rotatable bonds is 3. The summed E-state index contributed by atoms with van der Waals surface area (Å²) in [4.78, 5) is 2.48. The number of likely N-dealkylation sites (tertiary alicyclic amines) is 1. The molecule has 1 aliphatic heterocycles. The van der Waals surface area contributed by atoms with Gasteiger partial charge in [0.25, 0.3) is 0 Å². The zero-order valence-corrected chi connectivity index (χ0v) is 10.1. The molecule has 1 saturated heterocycles. The van der Waals surface area contributed by atoms with Crippen molar-refractivity contribution in [3.8, 4) is 0 Å². The lowest BCUT2D eigenvalue weighted by Gasteiger charge is -2.42. The minimum atomic E-state index is 0.00506. The molecule has 2 nitrogen and oxygen atoms in total. The maximum atomic E-state index is 6.40. The molecule has 0 bridgehead atoms. The van der Waals surface area contributed by atoms with E-state index in [0.717, 1.165) is 17.9 Å². The van der Waals surface area contributed by atoms with E-state index < -0.39 is 0 Å². The Morgan fingerprint density at radius 3 is 2.56 bits per heavy atom. The second-order valence-electron chi connectivity index (χ2n) is 5.08. The highest BCUT2D eigenvalue weighted by molar-refractivity contribution is 6.30. The minimum absolute atomic E-state index is 0.00506. The summed E-state index contributed by atoms with van der Waals surface area (Å²) in [6.07, 6.45) is 3.58. The highest BCUT2D eigenvalue weighted by Crippen LogP contribution is 2.48. The Balaban J connectivity index is 1.92. The van der Waals surface area contributed by atoms with Gasteiger partial charge in [-0.15, -0.1) is 0 Å². The molecule has 1 aliphatic carbocycles. The van der Waals surface area contributed by atoms with Crippen molar-refractivity contribution in [2.24, 2.45) is 5.73 Å². The van der Waals surface area contributed by atoms with Crippen LogP contribution in [-0.4, -0.2) is 23.5 Å². The predicted molar refractivity (Wildman–Crippen MR) is 66.5 cm³/mol. The second kappa shape index (κ2) is 3.73. The summed E-state index contributed by atoms with van der Waals surface area (Å²) >= 11 is 6.07. The summed E-state index contributed by atoms with van der Waals surface area (Å²) < 4.78 is 0. The van der Waals surface area contributed by atoms with Gasteiger partial charge >= 0.3 is 0 Å². The first-order valence-electron chi connectivity index (χ1n) is 5.97. The highest BCUT2D eigenvalue weighted by atomic mass is 35.5. The van der Waals surface area contributed by atoms with Gasteiger partial charge in [-0.2, -0.15) is 0 Å². The lowest BCUT2D eigenvalue weighted by molar-refractivity contribution is 0.0931. The number of hydrogen-bond donors (Lipinski definition) is 1. The average molecular weight is 237 g/mol. The Kier molecular flexibility index (Phi) is 2.46. The van der Waals surface area contributed by atoms with Gasteiger partial charge in [-0.3, -0.25) is 4.90 Å². The minimum Gasteiger partial charge on any atom is -0.323 e. The van der Waals surface area contributed by atoms with E-state index in [9.17, 15) is 0 Å². The van der Waals surface area contributed by atoms with Gasteiger partial charge < -0.3 is 5.73 Å². The van der Waals surface area contributed by atoms with Gasteiger partial charge in [0.05, 0.1) is 6.04 Å². The van der Waals surface area contributed by atoms with Gasteiger partial charge in [0, 0.05) is 23.7 Å². The topological polar surface area (TPSA) is 29.3 Å². The molecule has 1 atom stereocenters. The van der Waals surface area contributed by atoms with Crippen LogP contribution in [0.25, 0.3) is 0 Å². The van der Waals surface area contributed by atoms with Crippen molar-refractivity contribution in [2.45, 2.75) is 30.8 Å². The lowest BCUT2D eigenvalue weighted by atomic mass is 9.93. The van der Waals surface area contributed by atoms with Crippen LogP contribution in [0.15, 0.2) is 24.3 Å². The molecular weight excluding hydrogens is 220 g/mol. The van der Waals surface area contributed by atoms with Crippen LogP contribution in [0.2, 0.25) is 5.02 Å².